The number of hydrogen-bond donors (Lipinski definition) is 2. The van der Waals surface area contributed by atoms with Crippen LogP contribution in [-0.4, -0.2) is 31.8 Å². The monoisotopic (exact) mass is 278 g/mol. The molecule has 0 radical (unpaired) electrons. The van der Waals surface area contributed by atoms with Gasteiger partial charge in [0.1, 0.15) is 0 Å². The minimum Gasteiger partial charge on any atom is -0.462 e. The zero-order chi connectivity index (χ0) is 14.6. The van der Waals surface area contributed by atoms with Gasteiger partial charge in [0.25, 0.3) is 0 Å². The second kappa shape index (κ2) is 6.13. The fourth-order valence-electron chi connectivity index (χ4n) is 2.35. The predicted octanol–water partition coefficient (Wildman–Crippen LogP) is 2.43. The molecule has 5 heteroatoms. The molecule has 20 heavy (non-hydrogen) atoms. The number of hydrogen-bond acceptors (Lipinski definition) is 5. The lowest BCUT2D eigenvalue weighted by Gasteiger charge is -2.40. The molecule has 1 saturated carbocycles. The Labute approximate surface area is 119 Å². The van der Waals surface area contributed by atoms with Crippen LogP contribution < -0.4 is 11.1 Å². The number of anilines is 2. The number of nitrogens with one attached hydrogen (secondary N) is 1. The fourth-order valence-corrected chi connectivity index (χ4v) is 2.35. The van der Waals surface area contributed by atoms with Gasteiger partial charge in [-0.1, -0.05) is 0 Å². The Morgan fingerprint density at radius 3 is 2.70 bits per heavy atom. The molecule has 1 aliphatic carbocycles. The van der Waals surface area contributed by atoms with E-state index in [4.69, 9.17) is 15.2 Å². The smallest absolute Gasteiger partial charge is 0.338 e. The Morgan fingerprint density at radius 1 is 1.45 bits per heavy atom. The summed E-state index contributed by atoms with van der Waals surface area (Å²) in [7, 11) is 1.74. The minimum absolute atomic E-state index is 0.0632. The molecule has 5 nitrogen and oxygen atoms in total. The number of nitrogens with two attached hydrogens (primary N) is 1. The van der Waals surface area contributed by atoms with Gasteiger partial charge in [-0.15, -0.1) is 0 Å². The van der Waals surface area contributed by atoms with Gasteiger partial charge in [-0.25, -0.2) is 4.79 Å². The second-order valence-corrected chi connectivity index (χ2v) is 5.12. The van der Waals surface area contributed by atoms with E-state index in [1.807, 2.05) is 6.07 Å². The summed E-state index contributed by atoms with van der Waals surface area (Å²) in [6.45, 7) is 2.86. The van der Waals surface area contributed by atoms with Gasteiger partial charge < -0.3 is 20.5 Å². The van der Waals surface area contributed by atoms with Gasteiger partial charge in [0, 0.05) is 13.7 Å². The molecule has 0 atom stereocenters. The summed E-state index contributed by atoms with van der Waals surface area (Å²) in [5, 5.41) is 3.30. The lowest BCUT2D eigenvalue weighted by molar-refractivity contribution is -0.0601. The predicted molar refractivity (Wildman–Crippen MR) is 78.9 cm³/mol. The number of carbonyl (C=O) groups excluding carboxylic acids is 1. The maximum Gasteiger partial charge on any atom is 0.338 e. The molecule has 2 rings (SSSR count). The molecule has 3 N–H and O–H groups in total. The van der Waals surface area contributed by atoms with Gasteiger partial charge >= 0.3 is 5.97 Å². The van der Waals surface area contributed by atoms with E-state index in [9.17, 15) is 4.79 Å². The second-order valence-electron chi connectivity index (χ2n) is 5.12. The van der Waals surface area contributed by atoms with Crippen LogP contribution in [0.25, 0.3) is 0 Å². The molecular weight excluding hydrogens is 256 g/mol. The van der Waals surface area contributed by atoms with Gasteiger partial charge in [-0.2, -0.15) is 0 Å². The molecule has 1 fully saturated rings. The molecule has 110 valence electrons. The molecule has 1 aromatic carbocycles. The van der Waals surface area contributed by atoms with Crippen molar-refractivity contribution in [2.24, 2.45) is 0 Å². The maximum atomic E-state index is 11.6. The number of carbonyl (C=O) groups is 1. The Kier molecular flexibility index (Phi) is 4.49. The average Bonchev–Trinajstić information content (AvgIpc) is 2.39. The molecule has 0 amide bonds. The van der Waals surface area contributed by atoms with Crippen molar-refractivity contribution in [3.05, 3.63) is 23.8 Å². The van der Waals surface area contributed by atoms with Crippen LogP contribution in [0.2, 0.25) is 0 Å². The maximum absolute atomic E-state index is 11.6. The summed E-state index contributed by atoms with van der Waals surface area (Å²) >= 11 is 0. The summed E-state index contributed by atoms with van der Waals surface area (Å²) in [5.41, 5.74) is 7.75. The molecule has 0 heterocycles. The van der Waals surface area contributed by atoms with Crippen LogP contribution in [0, 0.1) is 0 Å². The SMILES string of the molecule is CCOC(=O)c1ccc(NCC2(OC)CCC2)c(N)c1. The van der Waals surface area contributed by atoms with E-state index in [0.717, 1.165) is 25.1 Å². The Balaban J connectivity index is 2.01. The molecule has 1 aromatic rings. The number of benzene rings is 1. The van der Waals surface area contributed by atoms with Crippen molar-refractivity contribution >= 4 is 17.3 Å². The third kappa shape index (κ3) is 3.04. The van der Waals surface area contributed by atoms with E-state index in [1.54, 1.807) is 26.2 Å². The van der Waals surface area contributed by atoms with Gasteiger partial charge in [0.2, 0.25) is 0 Å². The fraction of sp³-hybridized carbons (Fsp3) is 0.533. The third-order valence-electron chi connectivity index (χ3n) is 3.86. The van der Waals surface area contributed by atoms with E-state index >= 15 is 0 Å². The van der Waals surface area contributed by atoms with Gasteiger partial charge in [-0.3, -0.25) is 0 Å². The zero-order valence-corrected chi connectivity index (χ0v) is 12.1. The third-order valence-corrected chi connectivity index (χ3v) is 3.86. The van der Waals surface area contributed by atoms with Crippen LogP contribution in [0.1, 0.15) is 36.5 Å². The highest BCUT2D eigenvalue weighted by Crippen LogP contribution is 2.35. The van der Waals surface area contributed by atoms with Crippen LogP contribution in [0.5, 0.6) is 0 Å². The zero-order valence-electron chi connectivity index (χ0n) is 12.1. The van der Waals surface area contributed by atoms with Crippen LogP contribution in [0.4, 0.5) is 11.4 Å². The first-order valence-corrected chi connectivity index (χ1v) is 6.96. The Bertz CT molecular complexity index is 478. The van der Waals surface area contributed by atoms with E-state index < -0.39 is 0 Å². The molecule has 0 unspecified atom stereocenters. The Morgan fingerprint density at radius 2 is 2.20 bits per heavy atom. The molecule has 1 aliphatic rings. The average molecular weight is 278 g/mol. The highest BCUT2D eigenvalue weighted by Gasteiger charge is 2.36. The summed E-state index contributed by atoms with van der Waals surface area (Å²) < 4.78 is 10.5. The first-order valence-electron chi connectivity index (χ1n) is 6.96. The summed E-state index contributed by atoms with van der Waals surface area (Å²) in [6, 6.07) is 5.17. The number of nitrogen functional groups attached to an aromatic ring is 1. The van der Waals surface area contributed by atoms with Crippen molar-refractivity contribution in [2.45, 2.75) is 31.8 Å². The minimum atomic E-state index is -0.349. The number of methoxy groups -OCH3 is 1. The topological polar surface area (TPSA) is 73.6 Å². The molecular formula is C15H22N2O3. The van der Waals surface area contributed by atoms with Crippen LogP contribution in [0.3, 0.4) is 0 Å². The van der Waals surface area contributed by atoms with Crippen molar-refractivity contribution < 1.29 is 14.3 Å². The van der Waals surface area contributed by atoms with Gasteiger partial charge in [-0.05, 0) is 44.4 Å². The first-order chi connectivity index (χ1) is 9.60. The standard InChI is InChI=1S/C15H22N2O3/c1-3-20-14(18)11-5-6-13(12(16)9-11)17-10-15(19-2)7-4-8-15/h5-6,9,17H,3-4,7-8,10,16H2,1-2H3. The summed E-state index contributed by atoms with van der Waals surface area (Å²) in [5.74, 6) is -0.349. The Hall–Kier alpha value is -1.75. The van der Waals surface area contributed by atoms with Crippen molar-refractivity contribution in [1.29, 1.82) is 0 Å². The highest BCUT2D eigenvalue weighted by molar-refractivity contribution is 5.91. The van der Waals surface area contributed by atoms with Crippen molar-refractivity contribution in [2.75, 3.05) is 31.3 Å². The van der Waals surface area contributed by atoms with Crippen molar-refractivity contribution in [3.63, 3.8) is 0 Å². The van der Waals surface area contributed by atoms with E-state index in [1.165, 1.54) is 6.42 Å². The van der Waals surface area contributed by atoms with Crippen molar-refractivity contribution in [1.82, 2.24) is 0 Å². The molecule has 0 aromatic heterocycles. The lowest BCUT2D eigenvalue weighted by atomic mass is 9.80. The quantitative estimate of drug-likeness (QED) is 0.617. The van der Waals surface area contributed by atoms with E-state index in [0.29, 0.717) is 17.9 Å². The summed E-state index contributed by atoms with van der Waals surface area (Å²) in [6.07, 6.45) is 3.33. The van der Waals surface area contributed by atoms with Crippen LogP contribution in [-0.2, 0) is 9.47 Å². The summed E-state index contributed by atoms with van der Waals surface area (Å²) in [4.78, 5) is 11.6. The molecule has 0 aliphatic heterocycles. The number of ether oxygens (including phenoxy) is 2. The van der Waals surface area contributed by atoms with Gasteiger partial charge in [0.05, 0.1) is 29.1 Å². The van der Waals surface area contributed by atoms with E-state index in [2.05, 4.69) is 5.32 Å². The lowest BCUT2D eigenvalue weighted by Crippen LogP contribution is -2.45. The molecule has 0 spiro atoms. The van der Waals surface area contributed by atoms with Crippen molar-refractivity contribution in [3.8, 4) is 0 Å². The van der Waals surface area contributed by atoms with E-state index in [-0.39, 0.29) is 11.6 Å². The van der Waals surface area contributed by atoms with Crippen LogP contribution >= 0.6 is 0 Å². The largest absolute Gasteiger partial charge is 0.462 e. The number of esters is 1. The highest BCUT2D eigenvalue weighted by atomic mass is 16.5. The molecule has 0 bridgehead atoms. The van der Waals surface area contributed by atoms with Crippen LogP contribution in [0.15, 0.2) is 18.2 Å². The normalized spacial score (nSPS) is 16.3. The van der Waals surface area contributed by atoms with Gasteiger partial charge in [0.15, 0.2) is 0 Å². The molecule has 0 saturated heterocycles. The number of rotatable bonds is 6. The first kappa shape index (κ1) is 14.7.